The Hall–Kier alpha value is -1.20. The molecule has 2 heterocycles. The minimum absolute atomic E-state index is 0.283. The van der Waals surface area contributed by atoms with Crippen molar-refractivity contribution in [1.82, 2.24) is 9.88 Å². The van der Waals surface area contributed by atoms with Gasteiger partial charge in [-0.05, 0) is 26.1 Å². The van der Waals surface area contributed by atoms with Crippen LogP contribution in [0.4, 0.5) is 10.2 Å². The molecule has 17 heavy (non-hydrogen) atoms. The van der Waals surface area contributed by atoms with E-state index in [0.29, 0.717) is 11.4 Å². The predicted octanol–water partition coefficient (Wildman–Crippen LogP) is 0.855. The molecule has 0 saturated carbocycles. The third-order valence-electron chi connectivity index (χ3n) is 3.14. The van der Waals surface area contributed by atoms with E-state index in [1.165, 1.54) is 6.07 Å². The molecule has 0 unspecified atom stereocenters. The van der Waals surface area contributed by atoms with Gasteiger partial charge in [-0.1, -0.05) is 0 Å². The van der Waals surface area contributed by atoms with Gasteiger partial charge >= 0.3 is 0 Å². The first kappa shape index (κ1) is 12.3. The molecule has 1 fully saturated rings. The molecule has 0 amide bonds. The molecule has 1 N–H and O–H groups in total. The summed E-state index contributed by atoms with van der Waals surface area (Å²) in [6.07, 6.45) is 2.56. The van der Waals surface area contributed by atoms with Gasteiger partial charge in [0.15, 0.2) is 11.6 Å². The minimum atomic E-state index is -0.389. The lowest BCUT2D eigenvalue weighted by Gasteiger charge is -2.22. The Balaban J connectivity index is 2.21. The van der Waals surface area contributed by atoms with E-state index in [4.69, 9.17) is 5.11 Å². The van der Waals surface area contributed by atoms with Gasteiger partial charge in [0, 0.05) is 31.4 Å². The van der Waals surface area contributed by atoms with E-state index in [-0.39, 0.29) is 12.4 Å². The van der Waals surface area contributed by atoms with Crippen molar-refractivity contribution in [1.29, 1.82) is 0 Å². The summed E-state index contributed by atoms with van der Waals surface area (Å²) >= 11 is 0. The van der Waals surface area contributed by atoms with Crippen LogP contribution in [0.15, 0.2) is 12.3 Å². The summed E-state index contributed by atoms with van der Waals surface area (Å²) in [6.45, 7) is 3.23. The SMILES string of the molecule is CN1CCCN(c2nccc(CO)c2F)CC1. The second-order valence-electron chi connectivity index (χ2n) is 4.41. The first-order valence-electron chi connectivity index (χ1n) is 5.90. The Bertz CT molecular complexity index is 386. The first-order chi connectivity index (χ1) is 8.22. The Morgan fingerprint density at radius 1 is 1.35 bits per heavy atom. The number of nitrogens with zero attached hydrogens (tertiary/aromatic N) is 3. The lowest BCUT2D eigenvalue weighted by molar-refractivity contribution is 0.275. The highest BCUT2D eigenvalue weighted by atomic mass is 19.1. The zero-order valence-corrected chi connectivity index (χ0v) is 10.1. The van der Waals surface area contributed by atoms with Gasteiger partial charge in [-0.15, -0.1) is 0 Å². The molecule has 0 radical (unpaired) electrons. The number of aromatic nitrogens is 1. The van der Waals surface area contributed by atoms with Crippen molar-refractivity contribution in [3.8, 4) is 0 Å². The number of hydrogen-bond donors (Lipinski definition) is 1. The zero-order chi connectivity index (χ0) is 12.3. The molecule has 5 heteroatoms. The fourth-order valence-corrected chi connectivity index (χ4v) is 2.07. The average molecular weight is 239 g/mol. The van der Waals surface area contributed by atoms with Gasteiger partial charge < -0.3 is 14.9 Å². The summed E-state index contributed by atoms with van der Waals surface area (Å²) < 4.78 is 14.0. The summed E-state index contributed by atoms with van der Waals surface area (Å²) in [5, 5.41) is 9.04. The number of hydrogen-bond acceptors (Lipinski definition) is 4. The van der Waals surface area contributed by atoms with Gasteiger partial charge in [0.25, 0.3) is 0 Å². The van der Waals surface area contributed by atoms with E-state index in [2.05, 4.69) is 16.9 Å². The van der Waals surface area contributed by atoms with E-state index < -0.39 is 0 Å². The van der Waals surface area contributed by atoms with E-state index in [0.717, 1.165) is 32.6 Å². The number of likely N-dealkylation sites (N-methyl/N-ethyl adjacent to an activating group) is 1. The lowest BCUT2D eigenvalue weighted by Crippen LogP contribution is -2.30. The molecule has 1 aliphatic rings. The van der Waals surface area contributed by atoms with Crippen LogP contribution in [0, 0.1) is 5.82 Å². The maximum absolute atomic E-state index is 14.0. The summed E-state index contributed by atoms with van der Waals surface area (Å²) in [7, 11) is 2.07. The van der Waals surface area contributed by atoms with Crippen LogP contribution in [-0.2, 0) is 6.61 Å². The normalized spacial score (nSPS) is 18.2. The summed E-state index contributed by atoms with van der Waals surface area (Å²) in [4.78, 5) is 8.28. The van der Waals surface area contributed by atoms with E-state index in [9.17, 15) is 4.39 Å². The highest BCUT2D eigenvalue weighted by molar-refractivity contribution is 5.43. The second-order valence-corrected chi connectivity index (χ2v) is 4.41. The average Bonchev–Trinajstić information content (AvgIpc) is 2.54. The first-order valence-corrected chi connectivity index (χ1v) is 5.90. The molecular weight excluding hydrogens is 221 g/mol. The Morgan fingerprint density at radius 3 is 2.94 bits per heavy atom. The molecule has 0 spiro atoms. The van der Waals surface area contributed by atoms with Crippen molar-refractivity contribution >= 4 is 5.82 Å². The third kappa shape index (κ3) is 2.73. The van der Waals surface area contributed by atoms with Crippen molar-refractivity contribution < 1.29 is 9.50 Å². The number of aliphatic hydroxyl groups is 1. The topological polar surface area (TPSA) is 39.6 Å². The van der Waals surface area contributed by atoms with Crippen LogP contribution in [0.2, 0.25) is 0 Å². The molecule has 1 aliphatic heterocycles. The van der Waals surface area contributed by atoms with Crippen LogP contribution in [0.1, 0.15) is 12.0 Å². The standard InChI is InChI=1S/C12H18FN3O/c1-15-5-2-6-16(8-7-15)12-11(13)10(9-17)3-4-14-12/h3-4,17H,2,5-9H2,1H3. The van der Waals surface area contributed by atoms with Gasteiger partial charge in [-0.2, -0.15) is 0 Å². The van der Waals surface area contributed by atoms with Crippen molar-refractivity contribution in [2.75, 3.05) is 38.1 Å². The number of anilines is 1. The van der Waals surface area contributed by atoms with Crippen LogP contribution in [0.3, 0.4) is 0 Å². The Kier molecular flexibility index (Phi) is 3.91. The predicted molar refractivity (Wildman–Crippen MR) is 64.4 cm³/mol. The van der Waals surface area contributed by atoms with Crippen LogP contribution in [0.5, 0.6) is 0 Å². The van der Waals surface area contributed by atoms with Crippen molar-refractivity contribution in [3.05, 3.63) is 23.6 Å². The molecule has 0 aromatic carbocycles. The smallest absolute Gasteiger partial charge is 0.171 e. The molecule has 1 aromatic rings. The zero-order valence-electron chi connectivity index (χ0n) is 10.1. The van der Waals surface area contributed by atoms with Crippen LogP contribution in [0.25, 0.3) is 0 Å². The third-order valence-corrected chi connectivity index (χ3v) is 3.14. The van der Waals surface area contributed by atoms with Crippen molar-refractivity contribution in [3.63, 3.8) is 0 Å². The number of rotatable bonds is 2. The molecule has 0 aliphatic carbocycles. The van der Waals surface area contributed by atoms with Gasteiger partial charge in [-0.25, -0.2) is 9.37 Å². The van der Waals surface area contributed by atoms with Gasteiger partial charge in [0.1, 0.15) is 0 Å². The van der Waals surface area contributed by atoms with Gasteiger partial charge in [0.2, 0.25) is 0 Å². The van der Waals surface area contributed by atoms with Gasteiger partial charge in [-0.3, -0.25) is 0 Å². The molecule has 1 aromatic heterocycles. The Morgan fingerprint density at radius 2 is 2.18 bits per heavy atom. The maximum atomic E-state index is 14.0. The highest BCUT2D eigenvalue weighted by Gasteiger charge is 2.18. The number of halogens is 1. The molecule has 2 rings (SSSR count). The molecule has 94 valence electrons. The summed E-state index contributed by atoms with van der Waals surface area (Å²) in [5.41, 5.74) is 0.313. The van der Waals surface area contributed by atoms with Crippen LogP contribution in [-0.4, -0.2) is 48.2 Å². The number of aliphatic hydroxyl groups excluding tert-OH is 1. The quantitative estimate of drug-likeness (QED) is 0.830. The van der Waals surface area contributed by atoms with Crippen molar-refractivity contribution in [2.45, 2.75) is 13.0 Å². The van der Waals surface area contributed by atoms with E-state index in [1.54, 1.807) is 6.20 Å². The van der Waals surface area contributed by atoms with E-state index in [1.807, 2.05) is 4.90 Å². The number of pyridine rings is 1. The molecule has 1 saturated heterocycles. The largest absolute Gasteiger partial charge is 0.392 e. The van der Waals surface area contributed by atoms with Crippen LogP contribution >= 0.6 is 0 Å². The highest BCUT2D eigenvalue weighted by Crippen LogP contribution is 2.20. The van der Waals surface area contributed by atoms with Crippen LogP contribution < -0.4 is 4.90 Å². The molecule has 4 nitrogen and oxygen atoms in total. The monoisotopic (exact) mass is 239 g/mol. The fourth-order valence-electron chi connectivity index (χ4n) is 2.07. The second kappa shape index (κ2) is 5.42. The molecule has 0 atom stereocenters. The van der Waals surface area contributed by atoms with Crippen molar-refractivity contribution in [2.24, 2.45) is 0 Å². The molecular formula is C12H18FN3O. The minimum Gasteiger partial charge on any atom is -0.392 e. The molecule has 0 bridgehead atoms. The summed E-state index contributed by atoms with van der Waals surface area (Å²) in [5.74, 6) is -0.0218. The Labute approximate surface area is 101 Å². The lowest BCUT2D eigenvalue weighted by atomic mass is 10.2. The maximum Gasteiger partial charge on any atom is 0.171 e. The fraction of sp³-hybridized carbons (Fsp3) is 0.583. The van der Waals surface area contributed by atoms with Gasteiger partial charge in [0.05, 0.1) is 6.61 Å². The van der Waals surface area contributed by atoms with E-state index >= 15 is 0 Å². The summed E-state index contributed by atoms with van der Waals surface area (Å²) in [6, 6.07) is 1.52.